The molecule has 0 aliphatic carbocycles. The van der Waals surface area contributed by atoms with Gasteiger partial charge in [-0.3, -0.25) is 0 Å². The molecule has 0 radical (unpaired) electrons. The van der Waals surface area contributed by atoms with Crippen LogP contribution in [0.15, 0.2) is 24.5 Å². The molecule has 16 heavy (non-hydrogen) atoms. The summed E-state index contributed by atoms with van der Waals surface area (Å²) >= 11 is 0. The van der Waals surface area contributed by atoms with Crippen molar-refractivity contribution in [2.24, 2.45) is 0 Å². The molecule has 0 bridgehead atoms. The molecule has 0 aliphatic rings. The van der Waals surface area contributed by atoms with E-state index >= 15 is 0 Å². The largest absolute Gasteiger partial charge is 0.383 e. The number of hydrogen-bond acceptors (Lipinski definition) is 5. The molecule has 5 nitrogen and oxygen atoms in total. The van der Waals surface area contributed by atoms with Gasteiger partial charge in [0.05, 0.1) is 6.61 Å². The first-order valence-electron chi connectivity index (χ1n) is 5.13. The van der Waals surface area contributed by atoms with E-state index in [9.17, 15) is 0 Å². The van der Waals surface area contributed by atoms with Crippen LogP contribution in [0.5, 0.6) is 0 Å². The molecule has 0 saturated carbocycles. The van der Waals surface area contributed by atoms with Crippen LogP contribution in [0.1, 0.15) is 6.92 Å². The fourth-order valence-corrected chi connectivity index (χ4v) is 1.45. The molecule has 2 aromatic rings. The van der Waals surface area contributed by atoms with Gasteiger partial charge in [-0.15, -0.1) is 0 Å². The van der Waals surface area contributed by atoms with E-state index in [0.717, 1.165) is 5.39 Å². The van der Waals surface area contributed by atoms with Gasteiger partial charge in [-0.2, -0.15) is 4.98 Å². The maximum absolute atomic E-state index is 5.03. The number of pyridine rings is 1. The minimum absolute atomic E-state index is 0.172. The monoisotopic (exact) mass is 218 g/mol. The Morgan fingerprint density at radius 1 is 1.44 bits per heavy atom. The number of methoxy groups -OCH3 is 1. The van der Waals surface area contributed by atoms with Gasteiger partial charge in [0.15, 0.2) is 5.65 Å². The number of nitrogens with one attached hydrogen (secondary N) is 1. The van der Waals surface area contributed by atoms with Crippen LogP contribution in [0, 0.1) is 0 Å². The van der Waals surface area contributed by atoms with Crippen LogP contribution in [-0.4, -0.2) is 34.7 Å². The Morgan fingerprint density at radius 3 is 3.12 bits per heavy atom. The summed E-state index contributed by atoms with van der Waals surface area (Å²) in [6.07, 6.45) is 3.48. The summed E-state index contributed by atoms with van der Waals surface area (Å²) in [6.45, 7) is 2.62. The van der Waals surface area contributed by atoms with Crippen LogP contribution >= 0.6 is 0 Å². The van der Waals surface area contributed by atoms with E-state index in [2.05, 4.69) is 20.3 Å². The number of ether oxygens (including phenoxy) is 1. The Kier molecular flexibility index (Phi) is 3.26. The average molecular weight is 218 g/mol. The van der Waals surface area contributed by atoms with Crippen LogP contribution in [-0.2, 0) is 4.74 Å². The smallest absolute Gasteiger partial charge is 0.225 e. The Bertz CT molecular complexity index is 474. The molecule has 1 unspecified atom stereocenters. The van der Waals surface area contributed by atoms with Crippen LogP contribution < -0.4 is 5.32 Å². The van der Waals surface area contributed by atoms with Gasteiger partial charge in [-0.25, -0.2) is 9.97 Å². The lowest BCUT2D eigenvalue weighted by Gasteiger charge is -2.12. The van der Waals surface area contributed by atoms with E-state index in [1.165, 1.54) is 0 Å². The number of anilines is 1. The Hall–Kier alpha value is -1.75. The molecule has 1 N–H and O–H groups in total. The van der Waals surface area contributed by atoms with Gasteiger partial charge in [0.2, 0.25) is 5.95 Å². The van der Waals surface area contributed by atoms with Crippen molar-refractivity contribution in [1.82, 2.24) is 15.0 Å². The van der Waals surface area contributed by atoms with Crippen molar-refractivity contribution in [2.75, 3.05) is 19.0 Å². The minimum Gasteiger partial charge on any atom is -0.383 e. The van der Waals surface area contributed by atoms with Crippen molar-refractivity contribution in [3.63, 3.8) is 0 Å². The number of fused-ring (bicyclic) bond motifs is 1. The summed E-state index contributed by atoms with van der Waals surface area (Å²) in [7, 11) is 1.67. The van der Waals surface area contributed by atoms with Gasteiger partial charge in [0.1, 0.15) is 0 Å². The average Bonchev–Trinajstić information content (AvgIpc) is 2.29. The predicted molar refractivity (Wildman–Crippen MR) is 62.3 cm³/mol. The highest BCUT2D eigenvalue weighted by molar-refractivity contribution is 5.74. The second-order valence-electron chi connectivity index (χ2n) is 3.61. The third kappa shape index (κ3) is 2.43. The molecular formula is C11H14N4O. The molecular weight excluding hydrogens is 204 g/mol. The molecule has 2 aromatic heterocycles. The van der Waals surface area contributed by atoms with Crippen molar-refractivity contribution in [2.45, 2.75) is 13.0 Å². The van der Waals surface area contributed by atoms with Crippen LogP contribution in [0.3, 0.4) is 0 Å². The number of hydrogen-bond donors (Lipinski definition) is 1. The molecule has 5 heteroatoms. The molecule has 0 fully saturated rings. The molecule has 84 valence electrons. The summed E-state index contributed by atoms with van der Waals surface area (Å²) in [6, 6.07) is 3.97. The lowest BCUT2D eigenvalue weighted by atomic mass is 10.3. The lowest BCUT2D eigenvalue weighted by molar-refractivity contribution is 0.190. The van der Waals surface area contributed by atoms with Gasteiger partial charge in [0.25, 0.3) is 0 Å². The summed E-state index contributed by atoms with van der Waals surface area (Å²) in [5.74, 6) is 0.579. The number of nitrogens with zero attached hydrogens (tertiary/aromatic N) is 3. The Labute approximate surface area is 93.9 Å². The second-order valence-corrected chi connectivity index (χ2v) is 3.61. The molecule has 2 rings (SSSR count). The van der Waals surface area contributed by atoms with Crippen molar-refractivity contribution in [1.29, 1.82) is 0 Å². The molecule has 0 saturated heterocycles. The topological polar surface area (TPSA) is 59.9 Å². The highest BCUT2D eigenvalue weighted by atomic mass is 16.5. The van der Waals surface area contributed by atoms with E-state index < -0.39 is 0 Å². The first kappa shape index (κ1) is 10.8. The van der Waals surface area contributed by atoms with Crippen LogP contribution in [0.25, 0.3) is 11.0 Å². The Morgan fingerprint density at radius 2 is 2.31 bits per heavy atom. The summed E-state index contributed by atoms with van der Waals surface area (Å²) in [5.41, 5.74) is 0.699. The molecule has 1 atom stereocenters. The van der Waals surface area contributed by atoms with Gasteiger partial charge >= 0.3 is 0 Å². The highest BCUT2D eigenvalue weighted by Gasteiger charge is 2.04. The zero-order chi connectivity index (χ0) is 11.4. The molecule has 0 amide bonds. The van der Waals surface area contributed by atoms with Crippen molar-refractivity contribution < 1.29 is 4.74 Å². The highest BCUT2D eigenvalue weighted by Crippen LogP contribution is 2.09. The molecule has 0 aromatic carbocycles. The third-order valence-electron chi connectivity index (χ3n) is 2.15. The second kappa shape index (κ2) is 4.85. The minimum atomic E-state index is 0.172. The van der Waals surface area contributed by atoms with E-state index in [1.54, 1.807) is 19.5 Å². The zero-order valence-electron chi connectivity index (χ0n) is 9.34. The van der Waals surface area contributed by atoms with Crippen LogP contribution in [0.4, 0.5) is 5.95 Å². The van der Waals surface area contributed by atoms with Crippen molar-refractivity contribution in [3.8, 4) is 0 Å². The molecule has 2 heterocycles. The molecule has 0 aliphatic heterocycles. The normalized spacial score (nSPS) is 12.6. The summed E-state index contributed by atoms with van der Waals surface area (Å²) < 4.78 is 5.03. The first-order chi connectivity index (χ1) is 7.79. The summed E-state index contributed by atoms with van der Waals surface area (Å²) in [5, 5.41) is 4.09. The van der Waals surface area contributed by atoms with Crippen molar-refractivity contribution in [3.05, 3.63) is 24.5 Å². The van der Waals surface area contributed by atoms with Crippen molar-refractivity contribution >= 4 is 17.0 Å². The standard InChI is InChI=1S/C11H14N4O/c1-8(7-16-2)14-11-13-6-9-4-3-5-12-10(9)15-11/h3-6,8H,7H2,1-2H3,(H,12,13,14,15). The van der Waals surface area contributed by atoms with Gasteiger partial charge < -0.3 is 10.1 Å². The number of aromatic nitrogens is 3. The van der Waals surface area contributed by atoms with Gasteiger partial charge in [-0.05, 0) is 19.1 Å². The predicted octanol–water partition coefficient (Wildman–Crippen LogP) is 1.47. The first-order valence-corrected chi connectivity index (χ1v) is 5.13. The van der Waals surface area contributed by atoms with Crippen LogP contribution in [0.2, 0.25) is 0 Å². The fraction of sp³-hybridized carbons (Fsp3) is 0.364. The lowest BCUT2D eigenvalue weighted by Crippen LogP contribution is -2.22. The zero-order valence-corrected chi connectivity index (χ0v) is 9.34. The van der Waals surface area contributed by atoms with Gasteiger partial charge in [0, 0.05) is 30.9 Å². The maximum atomic E-state index is 5.03. The van der Waals surface area contributed by atoms with Gasteiger partial charge in [-0.1, -0.05) is 0 Å². The van der Waals surface area contributed by atoms with E-state index in [0.29, 0.717) is 18.2 Å². The quantitative estimate of drug-likeness (QED) is 0.842. The summed E-state index contributed by atoms with van der Waals surface area (Å²) in [4.78, 5) is 12.7. The van der Waals surface area contributed by atoms with E-state index in [1.807, 2.05) is 19.1 Å². The van der Waals surface area contributed by atoms with E-state index in [4.69, 9.17) is 4.74 Å². The molecule has 0 spiro atoms. The fourth-order valence-electron chi connectivity index (χ4n) is 1.45. The number of rotatable bonds is 4. The Balaban J connectivity index is 2.19. The van der Waals surface area contributed by atoms with E-state index in [-0.39, 0.29) is 6.04 Å². The maximum Gasteiger partial charge on any atom is 0.225 e. The third-order valence-corrected chi connectivity index (χ3v) is 2.15. The SMILES string of the molecule is COCC(C)Nc1ncc2cccnc2n1.